The summed E-state index contributed by atoms with van der Waals surface area (Å²) in [6.45, 7) is 6.55. The standard InChI is InChI=1S/C44H84O6/c1-4-7-10-13-15-17-18-19-20-21-22-23-24-25-27-29-32-35-38-44(47)50-41(39-48-42(45)36-33-30-12-9-6-3)40-49-43(46)37-34-31-28-26-16-14-11-8-5-2/h41H,4-40H2,1-3H3/t41-/m1/s1. The summed E-state index contributed by atoms with van der Waals surface area (Å²) in [4.78, 5) is 37.3. The molecule has 296 valence electrons. The minimum Gasteiger partial charge on any atom is -0.462 e. The van der Waals surface area contributed by atoms with Gasteiger partial charge in [-0.1, -0.05) is 207 Å². The predicted octanol–water partition coefficient (Wildman–Crippen LogP) is 13.7. The fourth-order valence-electron chi connectivity index (χ4n) is 6.50. The Morgan fingerprint density at radius 3 is 0.800 bits per heavy atom. The van der Waals surface area contributed by atoms with E-state index >= 15 is 0 Å². The Kier molecular flexibility index (Phi) is 38.9. The van der Waals surface area contributed by atoms with Crippen LogP contribution in [0.2, 0.25) is 0 Å². The minimum atomic E-state index is -0.755. The highest BCUT2D eigenvalue weighted by atomic mass is 16.6. The molecule has 0 radical (unpaired) electrons. The highest BCUT2D eigenvalue weighted by Crippen LogP contribution is 2.16. The van der Waals surface area contributed by atoms with Gasteiger partial charge in [-0.05, 0) is 19.3 Å². The predicted molar refractivity (Wildman–Crippen MR) is 210 cm³/mol. The van der Waals surface area contributed by atoms with Crippen molar-refractivity contribution in [2.75, 3.05) is 13.2 Å². The summed E-state index contributed by atoms with van der Waals surface area (Å²) < 4.78 is 16.6. The summed E-state index contributed by atoms with van der Waals surface area (Å²) in [7, 11) is 0. The normalized spacial score (nSPS) is 11.8. The molecule has 0 fully saturated rings. The van der Waals surface area contributed by atoms with E-state index in [0.717, 1.165) is 64.2 Å². The van der Waals surface area contributed by atoms with Crippen LogP contribution in [0, 0.1) is 0 Å². The number of unbranched alkanes of at least 4 members (excludes halogenated alkanes) is 29. The molecule has 0 spiro atoms. The highest BCUT2D eigenvalue weighted by Gasteiger charge is 2.19. The number of rotatable bonds is 40. The molecule has 0 rings (SSSR count). The fraction of sp³-hybridized carbons (Fsp3) is 0.932. The zero-order valence-corrected chi connectivity index (χ0v) is 33.7. The lowest BCUT2D eigenvalue weighted by atomic mass is 10.0. The topological polar surface area (TPSA) is 78.9 Å². The molecule has 0 aliphatic heterocycles. The lowest BCUT2D eigenvalue weighted by Crippen LogP contribution is -2.30. The maximum atomic E-state index is 12.6. The maximum absolute atomic E-state index is 12.6. The second-order valence-electron chi connectivity index (χ2n) is 15.0. The highest BCUT2D eigenvalue weighted by molar-refractivity contribution is 5.71. The summed E-state index contributed by atoms with van der Waals surface area (Å²) in [6, 6.07) is 0. The van der Waals surface area contributed by atoms with Gasteiger partial charge in [-0.2, -0.15) is 0 Å². The SMILES string of the molecule is CCCCCCCCCCCCCCCCCCCCC(=O)O[C@H](COC(=O)CCCCCCC)COC(=O)CCCCCCCCCCC. The van der Waals surface area contributed by atoms with E-state index in [9.17, 15) is 14.4 Å². The van der Waals surface area contributed by atoms with Crippen LogP contribution in [0.3, 0.4) is 0 Å². The Bertz CT molecular complexity index is 738. The first-order chi connectivity index (χ1) is 24.5. The average molecular weight is 709 g/mol. The van der Waals surface area contributed by atoms with E-state index in [4.69, 9.17) is 14.2 Å². The smallest absolute Gasteiger partial charge is 0.306 e. The number of carbonyl (C=O) groups is 3. The van der Waals surface area contributed by atoms with Gasteiger partial charge in [0.15, 0.2) is 6.10 Å². The molecular weight excluding hydrogens is 624 g/mol. The van der Waals surface area contributed by atoms with Crippen molar-refractivity contribution in [1.82, 2.24) is 0 Å². The summed E-state index contributed by atoms with van der Waals surface area (Å²) in [5.74, 6) is -0.871. The second kappa shape index (κ2) is 40.2. The molecule has 0 saturated heterocycles. The first-order valence-electron chi connectivity index (χ1n) is 22.0. The molecule has 0 unspecified atom stereocenters. The molecular formula is C44H84O6. The minimum absolute atomic E-state index is 0.0646. The van der Waals surface area contributed by atoms with Gasteiger partial charge in [0.05, 0.1) is 0 Å². The number of esters is 3. The quantitative estimate of drug-likeness (QED) is 0.0358. The number of hydrogen-bond donors (Lipinski definition) is 0. The van der Waals surface area contributed by atoms with E-state index in [0.29, 0.717) is 19.3 Å². The van der Waals surface area contributed by atoms with Crippen molar-refractivity contribution in [3.05, 3.63) is 0 Å². The van der Waals surface area contributed by atoms with Crippen LogP contribution in [0.5, 0.6) is 0 Å². The van der Waals surface area contributed by atoms with Crippen molar-refractivity contribution in [3.8, 4) is 0 Å². The van der Waals surface area contributed by atoms with Gasteiger partial charge in [0.2, 0.25) is 0 Å². The molecule has 0 aliphatic rings. The van der Waals surface area contributed by atoms with Gasteiger partial charge in [0, 0.05) is 19.3 Å². The Morgan fingerprint density at radius 1 is 0.320 bits per heavy atom. The van der Waals surface area contributed by atoms with Gasteiger partial charge in [-0.3, -0.25) is 14.4 Å². The summed E-state index contributed by atoms with van der Waals surface area (Å²) in [6.07, 6.45) is 39.8. The first-order valence-corrected chi connectivity index (χ1v) is 22.0. The molecule has 6 heteroatoms. The molecule has 0 aromatic carbocycles. The van der Waals surface area contributed by atoms with Crippen molar-refractivity contribution in [3.63, 3.8) is 0 Å². The van der Waals surface area contributed by atoms with Crippen LogP contribution >= 0.6 is 0 Å². The Morgan fingerprint density at radius 2 is 0.540 bits per heavy atom. The molecule has 0 saturated carbocycles. The summed E-state index contributed by atoms with van der Waals surface area (Å²) in [5.41, 5.74) is 0. The zero-order chi connectivity index (χ0) is 36.6. The molecule has 0 bridgehead atoms. The van der Waals surface area contributed by atoms with E-state index < -0.39 is 6.10 Å². The Labute approximate surface area is 310 Å². The van der Waals surface area contributed by atoms with Gasteiger partial charge >= 0.3 is 17.9 Å². The molecule has 0 aromatic rings. The third kappa shape index (κ3) is 37.7. The van der Waals surface area contributed by atoms with Crippen molar-refractivity contribution in [2.24, 2.45) is 0 Å². The number of carbonyl (C=O) groups excluding carboxylic acids is 3. The van der Waals surface area contributed by atoms with Crippen LogP contribution in [0.1, 0.15) is 245 Å². The fourth-order valence-corrected chi connectivity index (χ4v) is 6.50. The molecule has 0 aromatic heterocycles. The number of ether oxygens (including phenoxy) is 3. The molecule has 6 nitrogen and oxygen atoms in total. The molecule has 0 heterocycles. The van der Waals surface area contributed by atoms with E-state index in [1.54, 1.807) is 0 Å². The van der Waals surface area contributed by atoms with Crippen LogP contribution < -0.4 is 0 Å². The van der Waals surface area contributed by atoms with Crippen LogP contribution in [0.15, 0.2) is 0 Å². The third-order valence-corrected chi connectivity index (χ3v) is 9.86. The molecule has 1 atom stereocenters. The third-order valence-electron chi connectivity index (χ3n) is 9.86. The van der Waals surface area contributed by atoms with Crippen LogP contribution in [0.4, 0.5) is 0 Å². The van der Waals surface area contributed by atoms with E-state index in [1.165, 1.54) is 141 Å². The maximum Gasteiger partial charge on any atom is 0.306 e. The van der Waals surface area contributed by atoms with Crippen molar-refractivity contribution < 1.29 is 28.6 Å². The van der Waals surface area contributed by atoms with Gasteiger partial charge < -0.3 is 14.2 Å². The van der Waals surface area contributed by atoms with Gasteiger partial charge in [0.1, 0.15) is 13.2 Å². The molecule has 0 amide bonds. The average Bonchev–Trinajstić information content (AvgIpc) is 3.11. The molecule has 50 heavy (non-hydrogen) atoms. The molecule has 0 N–H and O–H groups in total. The monoisotopic (exact) mass is 709 g/mol. The Hall–Kier alpha value is -1.59. The zero-order valence-electron chi connectivity index (χ0n) is 33.7. The Balaban J connectivity index is 4.12. The van der Waals surface area contributed by atoms with Gasteiger partial charge in [-0.25, -0.2) is 0 Å². The van der Waals surface area contributed by atoms with Crippen LogP contribution in [0.25, 0.3) is 0 Å². The largest absolute Gasteiger partial charge is 0.462 e. The summed E-state index contributed by atoms with van der Waals surface area (Å²) in [5, 5.41) is 0. The number of hydrogen-bond acceptors (Lipinski definition) is 6. The lowest BCUT2D eigenvalue weighted by Gasteiger charge is -2.18. The van der Waals surface area contributed by atoms with E-state index in [1.807, 2.05) is 0 Å². The van der Waals surface area contributed by atoms with Crippen LogP contribution in [-0.2, 0) is 28.6 Å². The van der Waals surface area contributed by atoms with Crippen molar-refractivity contribution >= 4 is 17.9 Å². The lowest BCUT2D eigenvalue weighted by molar-refractivity contribution is -0.167. The van der Waals surface area contributed by atoms with Gasteiger partial charge in [-0.15, -0.1) is 0 Å². The van der Waals surface area contributed by atoms with Gasteiger partial charge in [0.25, 0.3) is 0 Å². The van der Waals surface area contributed by atoms with E-state index in [2.05, 4.69) is 20.8 Å². The van der Waals surface area contributed by atoms with Crippen LogP contribution in [-0.4, -0.2) is 37.2 Å². The van der Waals surface area contributed by atoms with E-state index in [-0.39, 0.29) is 31.1 Å². The van der Waals surface area contributed by atoms with Crippen molar-refractivity contribution in [1.29, 1.82) is 0 Å². The molecule has 0 aliphatic carbocycles. The first kappa shape index (κ1) is 48.4. The second-order valence-corrected chi connectivity index (χ2v) is 15.0. The summed E-state index contributed by atoms with van der Waals surface area (Å²) >= 11 is 0. The van der Waals surface area contributed by atoms with Crippen molar-refractivity contribution in [2.45, 2.75) is 252 Å².